The van der Waals surface area contributed by atoms with Crippen molar-refractivity contribution in [1.82, 2.24) is 10.2 Å². The van der Waals surface area contributed by atoms with Gasteiger partial charge in [0, 0.05) is 36.8 Å². The van der Waals surface area contributed by atoms with Crippen LogP contribution in [-0.4, -0.2) is 48.9 Å². The first kappa shape index (κ1) is 16.0. The molecule has 0 radical (unpaired) electrons. The molecule has 1 aromatic rings. The topological polar surface area (TPSA) is 52.7 Å². The van der Waals surface area contributed by atoms with Gasteiger partial charge in [0.25, 0.3) is 5.91 Å². The van der Waals surface area contributed by atoms with Crippen molar-refractivity contribution in [3.8, 4) is 0 Å². The van der Waals surface area contributed by atoms with E-state index in [0.29, 0.717) is 24.6 Å². The highest BCUT2D eigenvalue weighted by Gasteiger charge is 2.24. The molecule has 0 unspecified atom stereocenters. The Hall–Kier alpha value is -1.88. The van der Waals surface area contributed by atoms with E-state index in [1.165, 1.54) is 6.42 Å². The van der Waals surface area contributed by atoms with Gasteiger partial charge >= 0.3 is 0 Å². The smallest absolute Gasteiger partial charge is 0.251 e. The zero-order chi connectivity index (χ0) is 16.2. The van der Waals surface area contributed by atoms with Crippen molar-refractivity contribution >= 4 is 17.5 Å². The van der Waals surface area contributed by atoms with Crippen LogP contribution in [0.2, 0.25) is 0 Å². The van der Waals surface area contributed by atoms with Crippen LogP contribution in [0.25, 0.3) is 0 Å². The third-order valence-electron chi connectivity index (χ3n) is 4.92. The zero-order valence-corrected chi connectivity index (χ0v) is 13.8. The third-order valence-corrected chi connectivity index (χ3v) is 4.92. The maximum absolute atomic E-state index is 12.3. The van der Waals surface area contributed by atoms with Crippen LogP contribution >= 0.6 is 0 Å². The molecule has 5 heteroatoms. The number of carbonyl (C=O) groups excluding carboxylic acids is 2. The lowest BCUT2D eigenvalue weighted by Crippen LogP contribution is -2.40. The molecule has 2 aliphatic rings. The van der Waals surface area contributed by atoms with Crippen LogP contribution in [0.15, 0.2) is 24.3 Å². The monoisotopic (exact) mass is 315 g/mol. The summed E-state index contributed by atoms with van der Waals surface area (Å²) in [7, 11) is 0. The predicted molar refractivity (Wildman–Crippen MR) is 90.6 cm³/mol. The fourth-order valence-corrected chi connectivity index (χ4v) is 3.57. The molecule has 0 aromatic heterocycles. The molecule has 2 heterocycles. The van der Waals surface area contributed by atoms with Crippen LogP contribution in [0.4, 0.5) is 5.69 Å². The van der Waals surface area contributed by atoms with Crippen LogP contribution in [-0.2, 0) is 4.79 Å². The number of anilines is 1. The first-order valence-corrected chi connectivity index (χ1v) is 8.61. The Morgan fingerprint density at radius 3 is 2.65 bits per heavy atom. The van der Waals surface area contributed by atoms with E-state index >= 15 is 0 Å². The Morgan fingerprint density at radius 2 is 2.00 bits per heavy atom. The normalized spacial score (nSPS) is 21.9. The molecule has 1 aromatic carbocycles. The van der Waals surface area contributed by atoms with E-state index in [1.807, 2.05) is 24.3 Å². The number of likely N-dealkylation sites (tertiary alicyclic amines) is 1. The summed E-state index contributed by atoms with van der Waals surface area (Å²) in [4.78, 5) is 28.2. The van der Waals surface area contributed by atoms with Crippen LogP contribution in [0.1, 0.15) is 43.0 Å². The maximum Gasteiger partial charge on any atom is 0.251 e. The Kier molecular flexibility index (Phi) is 4.96. The summed E-state index contributed by atoms with van der Waals surface area (Å²) in [5, 5.41) is 3.04. The molecule has 1 atom stereocenters. The second kappa shape index (κ2) is 7.13. The summed E-state index contributed by atoms with van der Waals surface area (Å²) in [5.74, 6) is 0.135. The molecule has 2 aliphatic heterocycles. The summed E-state index contributed by atoms with van der Waals surface area (Å²) in [6.07, 6.45) is 3.91. The van der Waals surface area contributed by atoms with Gasteiger partial charge in [-0.1, -0.05) is 6.92 Å². The predicted octanol–water partition coefficient (Wildman–Crippen LogP) is 2.03. The second-order valence-electron chi connectivity index (χ2n) is 6.33. The average Bonchev–Trinajstić information content (AvgIpc) is 3.21. The number of rotatable bonds is 5. The van der Waals surface area contributed by atoms with Gasteiger partial charge in [0.2, 0.25) is 5.91 Å². The molecule has 1 N–H and O–H groups in total. The molecule has 0 spiro atoms. The molecule has 0 bridgehead atoms. The summed E-state index contributed by atoms with van der Waals surface area (Å²) >= 11 is 0. The lowest BCUT2D eigenvalue weighted by Gasteiger charge is -2.23. The Morgan fingerprint density at radius 1 is 1.22 bits per heavy atom. The second-order valence-corrected chi connectivity index (χ2v) is 6.33. The fourth-order valence-electron chi connectivity index (χ4n) is 3.57. The van der Waals surface area contributed by atoms with Gasteiger partial charge in [0.15, 0.2) is 0 Å². The molecule has 2 fully saturated rings. The van der Waals surface area contributed by atoms with E-state index in [9.17, 15) is 9.59 Å². The van der Waals surface area contributed by atoms with Crippen LogP contribution in [0.5, 0.6) is 0 Å². The molecular weight excluding hydrogens is 290 g/mol. The minimum Gasteiger partial charge on any atom is -0.350 e. The van der Waals surface area contributed by atoms with Crippen LogP contribution in [0, 0.1) is 0 Å². The van der Waals surface area contributed by atoms with Gasteiger partial charge < -0.3 is 10.2 Å². The molecule has 0 aliphatic carbocycles. The van der Waals surface area contributed by atoms with Crippen molar-refractivity contribution in [3.63, 3.8) is 0 Å². The van der Waals surface area contributed by atoms with Crippen molar-refractivity contribution in [3.05, 3.63) is 29.8 Å². The highest BCUT2D eigenvalue weighted by atomic mass is 16.2. The number of hydrogen-bond acceptors (Lipinski definition) is 3. The van der Waals surface area contributed by atoms with Crippen molar-refractivity contribution in [1.29, 1.82) is 0 Å². The largest absolute Gasteiger partial charge is 0.350 e. The number of carbonyl (C=O) groups is 2. The average molecular weight is 315 g/mol. The van der Waals surface area contributed by atoms with Gasteiger partial charge in [0.1, 0.15) is 0 Å². The lowest BCUT2D eigenvalue weighted by atomic mass is 10.1. The SMILES string of the molecule is CCN1CCC[C@@H]1CNC(=O)c1ccc(N2CCCC2=O)cc1. The van der Waals surface area contributed by atoms with Gasteiger partial charge in [-0.3, -0.25) is 14.5 Å². The Labute approximate surface area is 137 Å². The lowest BCUT2D eigenvalue weighted by molar-refractivity contribution is -0.117. The summed E-state index contributed by atoms with van der Waals surface area (Å²) in [6.45, 7) is 5.82. The zero-order valence-electron chi connectivity index (χ0n) is 13.8. The van der Waals surface area contributed by atoms with Gasteiger partial charge in [-0.05, 0) is 56.6 Å². The van der Waals surface area contributed by atoms with Crippen molar-refractivity contribution in [2.75, 3.05) is 31.1 Å². The number of nitrogens with zero attached hydrogens (tertiary/aromatic N) is 2. The molecule has 124 valence electrons. The number of likely N-dealkylation sites (N-methyl/N-ethyl adjacent to an activating group) is 1. The van der Waals surface area contributed by atoms with E-state index < -0.39 is 0 Å². The first-order chi connectivity index (χ1) is 11.2. The van der Waals surface area contributed by atoms with E-state index in [1.54, 1.807) is 4.90 Å². The highest BCUT2D eigenvalue weighted by molar-refractivity contribution is 5.97. The molecule has 0 saturated carbocycles. The Bertz CT molecular complexity index is 570. The fraction of sp³-hybridized carbons (Fsp3) is 0.556. The summed E-state index contributed by atoms with van der Waals surface area (Å²) < 4.78 is 0. The van der Waals surface area contributed by atoms with Gasteiger partial charge in [0.05, 0.1) is 0 Å². The molecule has 3 rings (SSSR count). The van der Waals surface area contributed by atoms with Gasteiger partial charge in [-0.15, -0.1) is 0 Å². The van der Waals surface area contributed by atoms with Crippen molar-refractivity contribution in [2.45, 2.75) is 38.6 Å². The van der Waals surface area contributed by atoms with Crippen molar-refractivity contribution in [2.24, 2.45) is 0 Å². The standard InChI is InChI=1S/C18H25N3O2/c1-2-20-11-3-5-16(20)13-19-18(23)14-7-9-15(10-8-14)21-12-4-6-17(21)22/h7-10,16H,2-6,11-13H2,1H3,(H,19,23)/t16-/m1/s1. The number of nitrogens with one attached hydrogen (secondary N) is 1. The van der Waals surface area contributed by atoms with E-state index in [4.69, 9.17) is 0 Å². The third kappa shape index (κ3) is 3.55. The maximum atomic E-state index is 12.3. The molecule has 2 amide bonds. The molecule has 5 nitrogen and oxygen atoms in total. The molecule has 23 heavy (non-hydrogen) atoms. The minimum atomic E-state index is -0.0350. The molecular formula is C18H25N3O2. The number of amides is 2. The highest BCUT2D eigenvalue weighted by Crippen LogP contribution is 2.21. The van der Waals surface area contributed by atoms with E-state index in [0.717, 1.165) is 38.2 Å². The minimum absolute atomic E-state index is 0.0350. The number of hydrogen-bond donors (Lipinski definition) is 1. The molecule has 2 saturated heterocycles. The van der Waals surface area contributed by atoms with E-state index in [-0.39, 0.29) is 11.8 Å². The van der Waals surface area contributed by atoms with Gasteiger partial charge in [-0.2, -0.15) is 0 Å². The summed E-state index contributed by atoms with van der Waals surface area (Å²) in [5.41, 5.74) is 1.54. The van der Waals surface area contributed by atoms with Gasteiger partial charge in [-0.25, -0.2) is 0 Å². The van der Waals surface area contributed by atoms with Crippen LogP contribution < -0.4 is 10.2 Å². The van der Waals surface area contributed by atoms with Crippen molar-refractivity contribution < 1.29 is 9.59 Å². The Balaban J connectivity index is 1.56. The number of benzene rings is 1. The van der Waals surface area contributed by atoms with E-state index in [2.05, 4.69) is 17.1 Å². The quantitative estimate of drug-likeness (QED) is 0.904. The summed E-state index contributed by atoms with van der Waals surface area (Å²) in [6, 6.07) is 7.81. The van der Waals surface area contributed by atoms with Crippen LogP contribution in [0.3, 0.4) is 0 Å². The first-order valence-electron chi connectivity index (χ1n) is 8.61.